The van der Waals surface area contributed by atoms with E-state index in [4.69, 9.17) is 9.47 Å². The summed E-state index contributed by atoms with van der Waals surface area (Å²) >= 11 is 2.84. The van der Waals surface area contributed by atoms with E-state index < -0.39 is 0 Å². The molecule has 180 valence electrons. The number of rotatable bonds is 9. The van der Waals surface area contributed by atoms with Crippen molar-refractivity contribution in [2.75, 3.05) is 19.5 Å². The summed E-state index contributed by atoms with van der Waals surface area (Å²) in [7, 11) is 3.18. The van der Waals surface area contributed by atoms with Gasteiger partial charge in [0.05, 0.1) is 32.0 Å². The van der Waals surface area contributed by atoms with Gasteiger partial charge >= 0.3 is 0 Å². The molecule has 0 atom stereocenters. The van der Waals surface area contributed by atoms with Crippen molar-refractivity contribution in [2.45, 2.75) is 19.9 Å². The van der Waals surface area contributed by atoms with E-state index in [0.717, 1.165) is 27.4 Å². The Balaban J connectivity index is 1.36. The first kappa shape index (κ1) is 24.4. The lowest BCUT2D eigenvalue weighted by Crippen LogP contribution is -2.18. The summed E-state index contributed by atoms with van der Waals surface area (Å²) < 4.78 is 10.6. The molecule has 0 unspecified atom stereocenters. The Morgan fingerprint density at radius 1 is 0.914 bits per heavy atom. The molecule has 0 aliphatic rings. The van der Waals surface area contributed by atoms with Crippen LogP contribution in [-0.4, -0.2) is 36.0 Å². The number of amides is 2. The second-order valence-corrected chi connectivity index (χ2v) is 9.30. The van der Waals surface area contributed by atoms with Gasteiger partial charge in [-0.05, 0) is 23.8 Å². The van der Waals surface area contributed by atoms with Gasteiger partial charge in [-0.1, -0.05) is 24.3 Å². The Morgan fingerprint density at radius 3 is 2.37 bits per heavy atom. The molecule has 0 aliphatic heterocycles. The Bertz CT molecular complexity index is 1330. The number of nitrogens with one attached hydrogen (secondary N) is 2. The lowest BCUT2D eigenvalue weighted by molar-refractivity contribution is -0.119. The maximum Gasteiger partial charge on any atom is 0.232 e. The standard InChI is InChI=1S/C25H24N4O4S2/c1-15(30)26-12-16-4-6-17(7-5-16)20-14-35-25(28-20)29-23(31)11-19-13-34-24(27-19)18-8-9-21(32-2)22(10-18)33-3/h4-10,13-14H,11-12H2,1-3H3,(H,26,30)(H,28,29,31). The Labute approximate surface area is 211 Å². The summed E-state index contributed by atoms with van der Waals surface area (Å²) in [6.45, 7) is 1.98. The third-order valence-electron chi connectivity index (χ3n) is 5.07. The molecule has 0 radical (unpaired) electrons. The number of carbonyl (C=O) groups excluding carboxylic acids is 2. The van der Waals surface area contributed by atoms with Gasteiger partial charge in [-0.15, -0.1) is 22.7 Å². The van der Waals surface area contributed by atoms with Crippen LogP contribution < -0.4 is 20.1 Å². The number of hydrogen-bond acceptors (Lipinski definition) is 8. The van der Waals surface area contributed by atoms with E-state index in [-0.39, 0.29) is 18.2 Å². The van der Waals surface area contributed by atoms with Crippen molar-refractivity contribution < 1.29 is 19.1 Å². The molecule has 8 nitrogen and oxygen atoms in total. The van der Waals surface area contributed by atoms with Crippen molar-refractivity contribution in [2.24, 2.45) is 0 Å². The quantitative estimate of drug-likeness (QED) is 0.338. The number of carbonyl (C=O) groups is 2. The second kappa shape index (κ2) is 11.1. The summed E-state index contributed by atoms with van der Waals surface area (Å²) in [5.74, 6) is 1.03. The molecule has 10 heteroatoms. The highest BCUT2D eigenvalue weighted by molar-refractivity contribution is 7.14. The van der Waals surface area contributed by atoms with E-state index in [1.165, 1.54) is 29.6 Å². The van der Waals surface area contributed by atoms with Gasteiger partial charge in [0.2, 0.25) is 11.8 Å². The van der Waals surface area contributed by atoms with Crippen LogP contribution in [0.5, 0.6) is 11.5 Å². The van der Waals surface area contributed by atoms with Crippen LogP contribution >= 0.6 is 22.7 Å². The average molecular weight is 509 g/mol. The summed E-state index contributed by atoms with van der Waals surface area (Å²) in [5.41, 5.74) is 4.30. The molecule has 0 bridgehead atoms. The summed E-state index contributed by atoms with van der Waals surface area (Å²) in [6, 6.07) is 13.4. The van der Waals surface area contributed by atoms with Crippen molar-refractivity contribution in [3.63, 3.8) is 0 Å². The third kappa shape index (κ3) is 6.23. The number of benzene rings is 2. The van der Waals surface area contributed by atoms with Crippen LogP contribution in [0.15, 0.2) is 53.2 Å². The van der Waals surface area contributed by atoms with Crippen LogP contribution in [0.3, 0.4) is 0 Å². The molecule has 2 aromatic heterocycles. The zero-order valence-corrected chi connectivity index (χ0v) is 21.1. The first-order valence-electron chi connectivity index (χ1n) is 10.7. The Hall–Kier alpha value is -3.76. The zero-order valence-electron chi connectivity index (χ0n) is 19.5. The van der Waals surface area contributed by atoms with Crippen molar-refractivity contribution >= 4 is 39.6 Å². The zero-order chi connectivity index (χ0) is 24.8. The molecular formula is C25H24N4O4S2. The number of hydrogen-bond donors (Lipinski definition) is 2. The van der Waals surface area contributed by atoms with Crippen LogP contribution in [0.4, 0.5) is 5.13 Å². The van der Waals surface area contributed by atoms with Crippen molar-refractivity contribution in [1.82, 2.24) is 15.3 Å². The van der Waals surface area contributed by atoms with Gasteiger partial charge in [0.1, 0.15) is 5.01 Å². The van der Waals surface area contributed by atoms with Gasteiger partial charge < -0.3 is 20.1 Å². The fraction of sp³-hybridized carbons (Fsp3) is 0.200. The summed E-state index contributed by atoms with van der Waals surface area (Å²) in [5, 5.41) is 10.7. The van der Waals surface area contributed by atoms with E-state index in [1.807, 2.05) is 53.2 Å². The van der Waals surface area contributed by atoms with Gasteiger partial charge in [-0.2, -0.15) is 0 Å². The van der Waals surface area contributed by atoms with Crippen LogP contribution in [0.1, 0.15) is 18.2 Å². The number of methoxy groups -OCH3 is 2. The number of thiazole rings is 2. The highest BCUT2D eigenvalue weighted by atomic mass is 32.1. The molecule has 0 spiro atoms. The molecule has 4 aromatic rings. The minimum absolute atomic E-state index is 0.0659. The number of aromatic nitrogens is 2. The fourth-order valence-corrected chi connectivity index (χ4v) is 4.85. The van der Waals surface area contributed by atoms with E-state index in [0.29, 0.717) is 28.9 Å². The van der Waals surface area contributed by atoms with E-state index >= 15 is 0 Å². The summed E-state index contributed by atoms with van der Waals surface area (Å²) in [4.78, 5) is 32.8. The van der Waals surface area contributed by atoms with Gasteiger partial charge in [0.25, 0.3) is 0 Å². The first-order valence-corrected chi connectivity index (χ1v) is 12.5. The minimum Gasteiger partial charge on any atom is -0.493 e. The molecule has 4 rings (SSSR count). The lowest BCUT2D eigenvalue weighted by atomic mass is 10.1. The van der Waals surface area contributed by atoms with E-state index in [1.54, 1.807) is 14.2 Å². The topological polar surface area (TPSA) is 102 Å². The Kier molecular flexibility index (Phi) is 7.74. The van der Waals surface area contributed by atoms with E-state index in [2.05, 4.69) is 20.6 Å². The molecule has 0 saturated heterocycles. The molecule has 0 fully saturated rings. The molecule has 2 amide bonds. The number of ether oxygens (including phenoxy) is 2. The first-order chi connectivity index (χ1) is 16.9. The molecule has 2 heterocycles. The molecular weight excluding hydrogens is 484 g/mol. The van der Waals surface area contributed by atoms with Crippen molar-refractivity contribution in [3.8, 4) is 33.3 Å². The van der Waals surface area contributed by atoms with Gasteiger partial charge in [-0.25, -0.2) is 9.97 Å². The van der Waals surface area contributed by atoms with Gasteiger partial charge in [0, 0.05) is 35.4 Å². The monoisotopic (exact) mass is 508 g/mol. The van der Waals surface area contributed by atoms with Crippen LogP contribution in [0, 0.1) is 0 Å². The van der Waals surface area contributed by atoms with Crippen LogP contribution in [0.25, 0.3) is 21.8 Å². The van der Waals surface area contributed by atoms with E-state index in [9.17, 15) is 9.59 Å². The predicted molar refractivity (Wildman–Crippen MR) is 138 cm³/mol. The Morgan fingerprint density at radius 2 is 1.66 bits per heavy atom. The molecule has 2 aromatic carbocycles. The summed E-state index contributed by atoms with van der Waals surface area (Å²) in [6.07, 6.45) is 0.149. The maximum absolute atomic E-state index is 12.6. The minimum atomic E-state index is -0.180. The SMILES string of the molecule is COc1ccc(-c2nc(CC(=O)Nc3nc(-c4ccc(CNC(C)=O)cc4)cs3)cs2)cc1OC. The molecule has 0 saturated carbocycles. The van der Waals surface area contributed by atoms with Crippen molar-refractivity contribution in [1.29, 1.82) is 0 Å². The normalized spacial score (nSPS) is 10.6. The third-order valence-corrected chi connectivity index (χ3v) is 6.76. The largest absolute Gasteiger partial charge is 0.493 e. The maximum atomic E-state index is 12.6. The average Bonchev–Trinajstić information content (AvgIpc) is 3.52. The smallest absolute Gasteiger partial charge is 0.232 e. The highest BCUT2D eigenvalue weighted by Gasteiger charge is 2.13. The lowest BCUT2D eigenvalue weighted by Gasteiger charge is -2.08. The van der Waals surface area contributed by atoms with Gasteiger partial charge in [0.15, 0.2) is 16.6 Å². The number of nitrogens with zero attached hydrogens (tertiary/aromatic N) is 2. The fourth-order valence-electron chi connectivity index (χ4n) is 3.30. The molecule has 35 heavy (non-hydrogen) atoms. The van der Waals surface area contributed by atoms with Crippen LogP contribution in [0.2, 0.25) is 0 Å². The molecule has 2 N–H and O–H groups in total. The van der Waals surface area contributed by atoms with Gasteiger partial charge in [-0.3, -0.25) is 9.59 Å². The van der Waals surface area contributed by atoms with Crippen molar-refractivity contribution in [3.05, 3.63) is 64.5 Å². The second-order valence-electron chi connectivity index (χ2n) is 7.58. The highest BCUT2D eigenvalue weighted by Crippen LogP contribution is 2.33. The molecule has 0 aliphatic carbocycles. The van der Waals surface area contributed by atoms with Crippen LogP contribution in [-0.2, 0) is 22.6 Å². The predicted octanol–water partition coefficient (Wildman–Crippen LogP) is 4.77. The number of anilines is 1.